The minimum atomic E-state index is -0.542. The average molecular weight is 267 g/mol. The molecule has 0 atom stereocenters. The molecule has 0 aliphatic heterocycles. The van der Waals surface area contributed by atoms with Crippen LogP contribution in [0.4, 0.5) is 0 Å². The summed E-state index contributed by atoms with van der Waals surface area (Å²) in [7, 11) is 3.84. The topological polar surface area (TPSA) is 61.4 Å². The summed E-state index contributed by atoms with van der Waals surface area (Å²) in [6.45, 7) is 1.77. The van der Waals surface area contributed by atoms with Gasteiger partial charge in [-0.15, -0.1) is 0 Å². The first-order valence-corrected chi connectivity index (χ1v) is 6.98. The Kier molecular flexibility index (Phi) is 7.18. The third-order valence-corrected chi connectivity index (χ3v) is 3.17. The van der Waals surface area contributed by atoms with Crippen molar-refractivity contribution in [3.05, 3.63) is 11.6 Å². The van der Waals surface area contributed by atoms with Crippen LogP contribution in [0.3, 0.4) is 0 Å². The molecular formula is C14H25N3O2. The van der Waals surface area contributed by atoms with Crippen molar-refractivity contribution in [3.63, 3.8) is 0 Å². The van der Waals surface area contributed by atoms with E-state index < -0.39 is 11.8 Å². The van der Waals surface area contributed by atoms with E-state index in [-0.39, 0.29) is 0 Å². The molecule has 0 aromatic carbocycles. The summed E-state index contributed by atoms with van der Waals surface area (Å²) in [5, 5.41) is 5.26. The van der Waals surface area contributed by atoms with E-state index in [4.69, 9.17) is 0 Å². The molecule has 0 aromatic heterocycles. The molecule has 0 radical (unpaired) electrons. The lowest BCUT2D eigenvalue weighted by molar-refractivity contribution is -0.139. The molecule has 0 fully saturated rings. The molecule has 1 aliphatic carbocycles. The fourth-order valence-electron chi connectivity index (χ4n) is 2.02. The van der Waals surface area contributed by atoms with Gasteiger partial charge in [0.05, 0.1) is 0 Å². The minimum Gasteiger partial charge on any atom is -0.348 e. The summed E-state index contributed by atoms with van der Waals surface area (Å²) < 4.78 is 0. The van der Waals surface area contributed by atoms with E-state index in [1.165, 1.54) is 18.4 Å². The van der Waals surface area contributed by atoms with Crippen LogP contribution in [0.25, 0.3) is 0 Å². The normalized spacial score (nSPS) is 15.0. The summed E-state index contributed by atoms with van der Waals surface area (Å²) in [5.41, 5.74) is 1.40. The van der Waals surface area contributed by atoms with E-state index in [0.717, 1.165) is 25.8 Å². The van der Waals surface area contributed by atoms with E-state index in [0.29, 0.717) is 13.1 Å². The van der Waals surface area contributed by atoms with Gasteiger partial charge >= 0.3 is 11.8 Å². The van der Waals surface area contributed by atoms with Crippen LogP contribution >= 0.6 is 0 Å². The van der Waals surface area contributed by atoms with Crippen molar-refractivity contribution < 1.29 is 9.59 Å². The number of carbonyl (C=O) groups is 2. The molecule has 19 heavy (non-hydrogen) atoms. The molecule has 1 aliphatic rings. The third-order valence-electron chi connectivity index (χ3n) is 3.17. The summed E-state index contributed by atoms with van der Waals surface area (Å²) in [6, 6.07) is 0. The molecule has 2 N–H and O–H groups in total. The maximum absolute atomic E-state index is 11.5. The lowest BCUT2D eigenvalue weighted by Gasteiger charge is -2.13. The lowest BCUT2D eigenvalue weighted by atomic mass is 9.97. The Bertz CT molecular complexity index is 338. The molecule has 0 bridgehead atoms. The monoisotopic (exact) mass is 267 g/mol. The standard InChI is InChI=1S/C14H25N3O2/c1-17(2)11-10-16-14(19)13(18)15-9-8-12-6-4-3-5-7-12/h6H,3-5,7-11H2,1-2H3,(H,15,18)(H,16,19). The number of carbonyl (C=O) groups excluding carboxylic acids is 2. The second-order valence-electron chi connectivity index (χ2n) is 5.17. The first kappa shape index (κ1) is 15.7. The third kappa shape index (κ3) is 6.96. The summed E-state index contributed by atoms with van der Waals surface area (Å²) in [4.78, 5) is 24.9. The van der Waals surface area contributed by atoms with Gasteiger partial charge in [0.2, 0.25) is 0 Å². The fraction of sp³-hybridized carbons (Fsp3) is 0.714. The van der Waals surface area contributed by atoms with Crippen molar-refractivity contribution in [2.45, 2.75) is 32.1 Å². The highest BCUT2D eigenvalue weighted by molar-refractivity contribution is 6.35. The largest absolute Gasteiger partial charge is 0.348 e. The van der Waals surface area contributed by atoms with Crippen LogP contribution in [0.1, 0.15) is 32.1 Å². The number of allylic oxidation sites excluding steroid dienone is 1. The molecule has 0 saturated carbocycles. The zero-order valence-corrected chi connectivity index (χ0v) is 12.0. The van der Waals surface area contributed by atoms with E-state index in [1.54, 1.807) is 0 Å². The van der Waals surface area contributed by atoms with Crippen LogP contribution in [0.5, 0.6) is 0 Å². The second kappa shape index (κ2) is 8.69. The number of hydrogen-bond donors (Lipinski definition) is 2. The highest BCUT2D eigenvalue weighted by Gasteiger charge is 2.12. The zero-order chi connectivity index (χ0) is 14.1. The van der Waals surface area contributed by atoms with Crippen LogP contribution in [0.2, 0.25) is 0 Å². The first-order chi connectivity index (χ1) is 9.09. The van der Waals surface area contributed by atoms with Crippen LogP contribution < -0.4 is 10.6 Å². The Labute approximate surface area is 115 Å². The summed E-state index contributed by atoms with van der Waals surface area (Å²) in [6.07, 6.45) is 7.90. The maximum Gasteiger partial charge on any atom is 0.309 e. The minimum absolute atomic E-state index is 0.490. The number of hydrogen-bond acceptors (Lipinski definition) is 3. The van der Waals surface area contributed by atoms with Crippen LogP contribution in [-0.2, 0) is 9.59 Å². The Hall–Kier alpha value is -1.36. The van der Waals surface area contributed by atoms with Crippen LogP contribution in [0.15, 0.2) is 11.6 Å². The Balaban J connectivity index is 2.12. The predicted octanol–water partition coefficient (Wildman–Crippen LogP) is 0.671. The van der Waals surface area contributed by atoms with Crippen molar-refractivity contribution in [2.24, 2.45) is 0 Å². The SMILES string of the molecule is CN(C)CCNC(=O)C(=O)NCCC1=CCCCC1. The highest BCUT2D eigenvalue weighted by Crippen LogP contribution is 2.19. The van der Waals surface area contributed by atoms with Gasteiger partial charge in [0.1, 0.15) is 0 Å². The van der Waals surface area contributed by atoms with Gasteiger partial charge in [0, 0.05) is 19.6 Å². The van der Waals surface area contributed by atoms with E-state index in [1.807, 2.05) is 19.0 Å². The Morgan fingerprint density at radius 2 is 1.84 bits per heavy atom. The van der Waals surface area contributed by atoms with Gasteiger partial charge < -0.3 is 15.5 Å². The summed E-state index contributed by atoms with van der Waals surface area (Å²) in [5.74, 6) is -1.07. The van der Waals surface area contributed by atoms with Crippen molar-refractivity contribution in [1.82, 2.24) is 15.5 Å². The molecule has 5 nitrogen and oxygen atoms in total. The number of nitrogens with zero attached hydrogens (tertiary/aromatic N) is 1. The van der Waals surface area contributed by atoms with Crippen molar-refractivity contribution in [1.29, 1.82) is 0 Å². The predicted molar refractivity (Wildman–Crippen MR) is 75.7 cm³/mol. The molecule has 0 heterocycles. The van der Waals surface area contributed by atoms with E-state index >= 15 is 0 Å². The van der Waals surface area contributed by atoms with E-state index in [9.17, 15) is 9.59 Å². The molecule has 0 aromatic rings. The first-order valence-electron chi connectivity index (χ1n) is 6.98. The highest BCUT2D eigenvalue weighted by atomic mass is 16.2. The van der Waals surface area contributed by atoms with Gasteiger partial charge in [-0.2, -0.15) is 0 Å². The maximum atomic E-state index is 11.5. The molecular weight excluding hydrogens is 242 g/mol. The number of likely N-dealkylation sites (N-methyl/N-ethyl adjacent to an activating group) is 1. The van der Waals surface area contributed by atoms with E-state index in [2.05, 4.69) is 16.7 Å². The molecule has 2 amide bonds. The quantitative estimate of drug-likeness (QED) is 0.549. The van der Waals surface area contributed by atoms with Crippen molar-refractivity contribution in [3.8, 4) is 0 Å². The molecule has 0 saturated heterocycles. The smallest absolute Gasteiger partial charge is 0.309 e. The average Bonchev–Trinajstić information content (AvgIpc) is 2.39. The van der Waals surface area contributed by atoms with Crippen molar-refractivity contribution >= 4 is 11.8 Å². The molecule has 5 heteroatoms. The van der Waals surface area contributed by atoms with Gasteiger partial charge in [-0.1, -0.05) is 11.6 Å². The Morgan fingerprint density at radius 3 is 2.42 bits per heavy atom. The van der Waals surface area contributed by atoms with Gasteiger partial charge in [-0.05, 0) is 46.2 Å². The van der Waals surface area contributed by atoms with Gasteiger partial charge in [0.25, 0.3) is 0 Å². The fourth-order valence-corrected chi connectivity index (χ4v) is 2.02. The van der Waals surface area contributed by atoms with Crippen LogP contribution in [0, 0.1) is 0 Å². The summed E-state index contributed by atoms with van der Waals surface area (Å²) >= 11 is 0. The second-order valence-corrected chi connectivity index (χ2v) is 5.17. The molecule has 1 rings (SSSR count). The Morgan fingerprint density at radius 1 is 1.16 bits per heavy atom. The van der Waals surface area contributed by atoms with Gasteiger partial charge in [-0.3, -0.25) is 9.59 Å². The molecule has 0 unspecified atom stereocenters. The molecule has 0 spiro atoms. The van der Waals surface area contributed by atoms with Crippen molar-refractivity contribution in [2.75, 3.05) is 33.7 Å². The number of amides is 2. The zero-order valence-electron chi connectivity index (χ0n) is 12.0. The van der Waals surface area contributed by atoms with Gasteiger partial charge in [0.15, 0.2) is 0 Å². The van der Waals surface area contributed by atoms with Gasteiger partial charge in [-0.25, -0.2) is 0 Å². The number of nitrogens with one attached hydrogen (secondary N) is 2. The van der Waals surface area contributed by atoms with Crippen LogP contribution in [-0.4, -0.2) is 50.4 Å². The molecule has 108 valence electrons. The lowest BCUT2D eigenvalue weighted by Crippen LogP contribution is -2.42. The number of rotatable bonds is 6.